The minimum Gasteiger partial charge on any atom is -0.496 e. The van der Waals surface area contributed by atoms with Gasteiger partial charge in [0.1, 0.15) is 45.9 Å². The van der Waals surface area contributed by atoms with Gasteiger partial charge >= 0.3 is 12.2 Å². The normalized spacial score (nSPS) is 21.3. The SMILES string of the molecule is COC(=O)NC(C(=O)N1CCC[C@H]1c1ncc(-c2cc(F)c3c(c2)OC(c2cnc(C(C)(C)O)s2)n2c-3cc3cc(-c4cnc([C@@H]5CCCN5C(=O)C(NC(=O)OC)C5C=C(C)O[C@@H](C)C5)[nH]4)ccc32)[nH]1)C(C)C. The summed E-state index contributed by atoms with van der Waals surface area (Å²) in [7, 11) is 2.53. The summed E-state index contributed by atoms with van der Waals surface area (Å²) >= 11 is 1.30. The number of benzene rings is 2. The second kappa shape index (κ2) is 19.9. The second-order valence-electron chi connectivity index (χ2n) is 20.4. The summed E-state index contributed by atoms with van der Waals surface area (Å²) in [5.41, 5.74) is 2.91. The molecule has 2 saturated heterocycles. The van der Waals surface area contributed by atoms with E-state index in [9.17, 15) is 24.3 Å². The number of fused-ring (bicyclic) bond motifs is 5. The van der Waals surface area contributed by atoms with Gasteiger partial charge in [-0.15, -0.1) is 11.3 Å². The van der Waals surface area contributed by atoms with E-state index in [1.54, 1.807) is 48.3 Å². The molecule has 4 amide bonds. The average Bonchev–Trinajstić information content (AvgIpc) is 4.24. The zero-order valence-electron chi connectivity index (χ0n) is 42.5. The predicted octanol–water partition coefficient (Wildman–Crippen LogP) is 8.61. The van der Waals surface area contributed by atoms with Crippen LogP contribution < -0.4 is 15.4 Å². The van der Waals surface area contributed by atoms with Gasteiger partial charge in [-0.2, -0.15) is 0 Å². The van der Waals surface area contributed by atoms with Gasteiger partial charge < -0.3 is 54.5 Å². The number of carbonyl (C=O) groups excluding carboxylic acids is 4. The molecule has 2 aromatic carbocycles. The van der Waals surface area contributed by atoms with Crippen LogP contribution in [0.3, 0.4) is 0 Å². The Kier molecular flexibility index (Phi) is 13.5. The van der Waals surface area contributed by atoms with Crippen molar-refractivity contribution in [3.05, 3.63) is 94.2 Å². The number of likely N-dealkylation sites (tertiary alicyclic amines) is 2. The molecule has 5 N–H and O–H groups in total. The van der Waals surface area contributed by atoms with Crippen LogP contribution in [0, 0.1) is 17.7 Å². The number of ether oxygens (including phenoxy) is 4. The molecule has 4 aliphatic heterocycles. The number of allylic oxidation sites excluding steroid dienone is 1. The Labute approximate surface area is 430 Å². The van der Waals surface area contributed by atoms with E-state index in [1.807, 2.05) is 62.6 Å². The molecule has 19 nitrogen and oxygen atoms in total. The van der Waals surface area contributed by atoms with E-state index in [-0.39, 0.29) is 47.1 Å². The minimum atomic E-state index is -1.22. The summed E-state index contributed by atoms with van der Waals surface area (Å²) in [5, 5.41) is 17.7. The highest BCUT2D eigenvalue weighted by Crippen LogP contribution is 2.49. The van der Waals surface area contributed by atoms with Gasteiger partial charge in [-0.3, -0.25) is 14.2 Å². The molecule has 390 valence electrons. The summed E-state index contributed by atoms with van der Waals surface area (Å²) in [6.07, 6.45) is 7.98. The van der Waals surface area contributed by atoms with Gasteiger partial charge in [0, 0.05) is 41.7 Å². The van der Waals surface area contributed by atoms with E-state index >= 15 is 4.39 Å². The Hall–Kier alpha value is -7.26. The number of nitrogens with one attached hydrogen (secondary N) is 4. The Balaban J connectivity index is 0.963. The maximum absolute atomic E-state index is 17.0. The first-order valence-electron chi connectivity index (χ1n) is 25.0. The van der Waals surface area contributed by atoms with Gasteiger partial charge in [0.2, 0.25) is 18.0 Å². The van der Waals surface area contributed by atoms with Crippen LogP contribution in [0.15, 0.2) is 66.8 Å². The molecule has 7 atom stereocenters. The van der Waals surface area contributed by atoms with E-state index in [4.69, 9.17) is 23.9 Å². The van der Waals surface area contributed by atoms with Crippen molar-refractivity contribution in [3.63, 3.8) is 0 Å². The summed E-state index contributed by atoms with van der Waals surface area (Å²) in [5.74, 6) is 0.649. The third-order valence-corrected chi connectivity index (χ3v) is 15.8. The Morgan fingerprint density at radius 3 is 2.14 bits per heavy atom. The molecule has 6 aromatic rings. The number of H-pyrrole nitrogens is 2. The van der Waals surface area contributed by atoms with Crippen molar-refractivity contribution >= 4 is 46.2 Å². The molecule has 4 unspecified atom stereocenters. The van der Waals surface area contributed by atoms with Gasteiger partial charge in [0.05, 0.1) is 83.6 Å². The lowest BCUT2D eigenvalue weighted by Crippen LogP contribution is -2.52. The van der Waals surface area contributed by atoms with Crippen LogP contribution in [0.5, 0.6) is 5.75 Å². The smallest absolute Gasteiger partial charge is 0.407 e. The number of halogens is 1. The lowest BCUT2D eigenvalue weighted by molar-refractivity contribution is -0.136. The quantitative estimate of drug-likeness (QED) is 0.0776. The van der Waals surface area contributed by atoms with Crippen molar-refractivity contribution in [1.82, 2.24) is 49.9 Å². The van der Waals surface area contributed by atoms with Crippen molar-refractivity contribution in [2.75, 3.05) is 27.3 Å². The first-order valence-corrected chi connectivity index (χ1v) is 25.8. The first-order chi connectivity index (χ1) is 35.4. The Morgan fingerprint density at radius 2 is 1.51 bits per heavy atom. The summed E-state index contributed by atoms with van der Waals surface area (Å²) < 4.78 is 41.3. The Bertz CT molecular complexity index is 3170. The zero-order valence-corrected chi connectivity index (χ0v) is 43.3. The van der Waals surface area contributed by atoms with E-state index in [0.717, 1.165) is 29.3 Å². The van der Waals surface area contributed by atoms with Crippen molar-refractivity contribution in [1.29, 1.82) is 0 Å². The number of nitrogens with zero attached hydrogens (tertiary/aromatic N) is 6. The molecule has 0 radical (unpaired) electrons. The van der Waals surface area contributed by atoms with E-state index in [2.05, 4.69) is 30.6 Å². The number of aromatic nitrogens is 6. The molecular formula is C53H61FN10O9S. The molecular weight excluding hydrogens is 972 g/mol. The van der Waals surface area contributed by atoms with Crippen molar-refractivity contribution < 1.29 is 47.6 Å². The highest BCUT2D eigenvalue weighted by molar-refractivity contribution is 7.11. The van der Waals surface area contributed by atoms with E-state index in [1.165, 1.54) is 31.6 Å². The number of aromatic amines is 2. The molecule has 4 aromatic heterocycles. The molecule has 2 fully saturated rings. The maximum atomic E-state index is 17.0. The summed E-state index contributed by atoms with van der Waals surface area (Å²) in [6.45, 7) is 11.8. The lowest BCUT2D eigenvalue weighted by atomic mass is 9.90. The fraction of sp³-hybridized carbons (Fsp3) is 0.453. The number of hydrogen-bond acceptors (Lipinski definition) is 13. The fourth-order valence-electron chi connectivity index (χ4n) is 10.9. The molecule has 10 rings (SSSR count). The molecule has 0 spiro atoms. The third-order valence-electron chi connectivity index (χ3n) is 14.4. The number of thiazole rings is 1. The fourth-order valence-corrected chi connectivity index (χ4v) is 11.8. The molecule has 4 aliphatic rings. The molecule has 0 bridgehead atoms. The van der Waals surface area contributed by atoms with Crippen molar-refractivity contribution in [2.24, 2.45) is 11.8 Å². The number of rotatable bonds is 12. The maximum Gasteiger partial charge on any atom is 0.407 e. The highest BCUT2D eigenvalue weighted by atomic mass is 32.1. The lowest BCUT2D eigenvalue weighted by Gasteiger charge is -2.34. The first kappa shape index (κ1) is 50.3. The number of amides is 4. The third kappa shape index (κ3) is 9.46. The van der Waals surface area contributed by atoms with E-state index in [0.29, 0.717) is 82.3 Å². The molecule has 0 aliphatic carbocycles. The highest BCUT2D eigenvalue weighted by Gasteiger charge is 2.42. The van der Waals surface area contributed by atoms with E-state index < -0.39 is 48.0 Å². The topological polar surface area (TPSA) is 231 Å². The number of alkyl carbamates (subject to hydrolysis) is 2. The molecule has 21 heteroatoms. The van der Waals surface area contributed by atoms with Gasteiger partial charge in [-0.1, -0.05) is 19.9 Å². The van der Waals surface area contributed by atoms with Crippen LogP contribution in [0.25, 0.3) is 44.7 Å². The van der Waals surface area contributed by atoms with Crippen LogP contribution in [-0.2, 0) is 29.4 Å². The Morgan fingerprint density at radius 1 is 0.865 bits per heavy atom. The molecule has 8 heterocycles. The largest absolute Gasteiger partial charge is 0.496 e. The monoisotopic (exact) mass is 1030 g/mol. The van der Waals surface area contributed by atoms with Gasteiger partial charge in [0.15, 0.2) is 0 Å². The second-order valence-corrected chi connectivity index (χ2v) is 21.5. The van der Waals surface area contributed by atoms with Gasteiger partial charge in [-0.05, 0) is 102 Å². The van der Waals surface area contributed by atoms with Crippen LogP contribution in [-0.4, -0.2) is 114 Å². The van der Waals surface area contributed by atoms with Crippen LogP contribution in [0.2, 0.25) is 0 Å². The molecule has 74 heavy (non-hydrogen) atoms. The summed E-state index contributed by atoms with van der Waals surface area (Å²) in [6, 6.07) is 8.65. The van der Waals surface area contributed by atoms with Gasteiger partial charge in [0.25, 0.3) is 0 Å². The number of carbonyl (C=O) groups is 4. The standard InChI is InChI=1S/C53H61FN10O9S/c1-26(2)43(60-51(67)70-7)47(65)62-15-9-11-37(62)46-56-24-35(59-46)30-20-33(54)42-39-21-31-19-29(13-14-36(31)64(39)49(73-40(42)22-30)41-25-57-50(74-41)53(5,6)69)34-23-55-45(58-34)38-12-10-16-63(38)48(66)44(61-52(68)71-8)32-17-27(3)72-28(4)18-32/h13-14,17,19-26,28,32,37-38,43-44,49,69H,9-12,15-16,18H2,1-8H3,(H,55,58)(H,56,59)(H,60,67)(H,61,68)/t28-,32?,37-,38-,43?,44?,49?/m0/s1. The predicted molar refractivity (Wildman–Crippen MR) is 272 cm³/mol. The van der Waals surface area contributed by atoms with Crippen LogP contribution >= 0.6 is 11.3 Å². The van der Waals surface area contributed by atoms with Crippen LogP contribution in [0.4, 0.5) is 14.0 Å². The van der Waals surface area contributed by atoms with Gasteiger partial charge in [-0.25, -0.2) is 28.9 Å². The minimum absolute atomic E-state index is 0.133. The average molecular weight is 1030 g/mol. The number of imidazole rings is 2. The number of hydrogen-bond donors (Lipinski definition) is 5. The summed E-state index contributed by atoms with van der Waals surface area (Å²) in [4.78, 5) is 78.1. The number of aliphatic hydroxyl groups is 1. The van der Waals surface area contributed by atoms with Crippen molar-refractivity contribution in [2.45, 2.75) is 116 Å². The van der Waals surface area contributed by atoms with Crippen molar-refractivity contribution in [3.8, 4) is 39.5 Å². The van der Waals surface area contributed by atoms with Crippen LogP contribution in [0.1, 0.15) is 113 Å². The number of methoxy groups -OCH3 is 2. The zero-order chi connectivity index (χ0) is 52.3. The molecule has 0 saturated carbocycles.